The Hall–Kier alpha value is -1.93. The number of carboxylic acids is 2. The smallest absolute Gasteiger partial charge is 0.327 e. The summed E-state index contributed by atoms with van der Waals surface area (Å²) in [6, 6.07) is 0. The highest BCUT2D eigenvalue weighted by Crippen LogP contribution is 2.09. The molecule has 0 rings (SSSR count). The maximum absolute atomic E-state index is 11.2. The van der Waals surface area contributed by atoms with Gasteiger partial charge in [0.25, 0.3) is 0 Å². The van der Waals surface area contributed by atoms with E-state index in [9.17, 15) is 14.4 Å². The quantitative estimate of drug-likeness (QED) is 0.222. The van der Waals surface area contributed by atoms with Crippen molar-refractivity contribution in [3.05, 3.63) is 12.7 Å². The Morgan fingerprint density at radius 3 is 1.83 bits per heavy atom. The van der Waals surface area contributed by atoms with Crippen LogP contribution in [0, 0.1) is 0 Å². The van der Waals surface area contributed by atoms with E-state index in [0.717, 1.165) is 38.2 Å². The molecule has 24 heavy (non-hydrogen) atoms. The minimum absolute atomic E-state index is 0.162. The average Bonchev–Trinajstić information content (AvgIpc) is 2.55. The van der Waals surface area contributed by atoms with Gasteiger partial charge in [0, 0.05) is 18.9 Å². The van der Waals surface area contributed by atoms with Gasteiger partial charge in [-0.15, -0.1) is 0 Å². The molecule has 8 nitrogen and oxygen atoms in total. The Morgan fingerprint density at radius 2 is 1.42 bits per heavy atom. The summed E-state index contributed by atoms with van der Waals surface area (Å²) in [6.45, 7) is 2.39. The molecule has 0 radical (unpaired) electrons. The number of carboxylic acid groups (broad SMARTS) is 2. The van der Waals surface area contributed by atoms with Crippen molar-refractivity contribution in [1.29, 1.82) is 0 Å². The number of hydrogen-bond acceptors (Lipinski definition) is 6. The number of rotatable bonds is 13. The van der Waals surface area contributed by atoms with Crippen molar-refractivity contribution in [2.45, 2.75) is 57.5 Å². The SMILES string of the molecule is C=CC(=O)O.O=C(O)CCCCCCCCC(=O)OCC(O)CO. The molecule has 0 bridgehead atoms. The van der Waals surface area contributed by atoms with Crippen molar-refractivity contribution < 1.29 is 39.5 Å². The van der Waals surface area contributed by atoms with Crippen LogP contribution in [0.3, 0.4) is 0 Å². The van der Waals surface area contributed by atoms with E-state index in [4.69, 9.17) is 25.2 Å². The second-order valence-electron chi connectivity index (χ2n) is 5.08. The van der Waals surface area contributed by atoms with E-state index in [2.05, 4.69) is 6.58 Å². The van der Waals surface area contributed by atoms with E-state index in [0.29, 0.717) is 12.8 Å². The number of carbonyl (C=O) groups is 3. The molecule has 0 fully saturated rings. The molecule has 140 valence electrons. The zero-order valence-electron chi connectivity index (χ0n) is 13.9. The summed E-state index contributed by atoms with van der Waals surface area (Å²) in [6.07, 6.45) is 5.57. The summed E-state index contributed by atoms with van der Waals surface area (Å²) < 4.78 is 4.75. The van der Waals surface area contributed by atoms with E-state index >= 15 is 0 Å². The topological polar surface area (TPSA) is 141 Å². The van der Waals surface area contributed by atoms with Crippen molar-refractivity contribution in [2.24, 2.45) is 0 Å². The van der Waals surface area contributed by atoms with Gasteiger partial charge in [-0.1, -0.05) is 32.3 Å². The summed E-state index contributed by atoms with van der Waals surface area (Å²) >= 11 is 0. The molecule has 0 aliphatic rings. The van der Waals surface area contributed by atoms with E-state index < -0.39 is 24.6 Å². The van der Waals surface area contributed by atoms with Crippen LogP contribution in [-0.4, -0.2) is 57.7 Å². The highest BCUT2D eigenvalue weighted by molar-refractivity contribution is 5.78. The van der Waals surface area contributed by atoms with Crippen molar-refractivity contribution in [1.82, 2.24) is 0 Å². The van der Waals surface area contributed by atoms with Gasteiger partial charge >= 0.3 is 17.9 Å². The highest BCUT2D eigenvalue weighted by atomic mass is 16.5. The van der Waals surface area contributed by atoms with Crippen molar-refractivity contribution >= 4 is 17.9 Å². The second kappa shape index (κ2) is 17.4. The molecule has 0 amide bonds. The molecule has 0 spiro atoms. The maximum atomic E-state index is 11.2. The molecule has 1 atom stereocenters. The predicted molar refractivity (Wildman–Crippen MR) is 86.5 cm³/mol. The van der Waals surface area contributed by atoms with Gasteiger partial charge in [0.1, 0.15) is 12.7 Å². The van der Waals surface area contributed by atoms with Crippen LogP contribution in [-0.2, 0) is 19.1 Å². The summed E-state index contributed by atoms with van der Waals surface area (Å²) in [5.74, 6) is -2.10. The number of carbonyl (C=O) groups excluding carboxylic acids is 1. The fourth-order valence-electron chi connectivity index (χ4n) is 1.57. The third kappa shape index (κ3) is 22.4. The van der Waals surface area contributed by atoms with E-state index in [-0.39, 0.29) is 19.0 Å². The number of aliphatic hydroxyl groups is 2. The number of hydrogen-bond donors (Lipinski definition) is 4. The van der Waals surface area contributed by atoms with Crippen molar-refractivity contribution in [3.63, 3.8) is 0 Å². The van der Waals surface area contributed by atoms with Crippen LogP contribution in [0.25, 0.3) is 0 Å². The minimum atomic E-state index is -1.00. The van der Waals surface area contributed by atoms with Gasteiger partial charge in [-0.05, 0) is 12.8 Å². The van der Waals surface area contributed by atoms with Gasteiger partial charge in [0.2, 0.25) is 0 Å². The number of aliphatic hydroxyl groups excluding tert-OH is 2. The Kier molecular flexibility index (Phi) is 17.7. The molecule has 0 aliphatic heterocycles. The van der Waals surface area contributed by atoms with Crippen LogP contribution in [0.1, 0.15) is 51.4 Å². The fourth-order valence-corrected chi connectivity index (χ4v) is 1.57. The minimum Gasteiger partial charge on any atom is -0.481 e. The lowest BCUT2D eigenvalue weighted by Crippen LogP contribution is -2.21. The highest BCUT2D eigenvalue weighted by Gasteiger charge is 2.07. The van der Waals surface area contributed by atoms with Crippen molar-refractivity contribution in [3.8, 4) is 0 Å². The maximum Gasteiger partial charge on any atom is 0.327 e. The summed E-state index contributed by atoms with van der Waals surface area (Å²) in [5.41, 5.74) is 0. The second-order valence-corrected chi connectivity index (χ2v) is 5.08. The predicted octanol–water partition coefficient (Wildman–Crippen LogP) is 1.35. The molecule has 0 saturated carbocycles. The first-order chi connectivity index (χ1) is 11.3. The molecular formula is C16H28O8. The monoisotopic (exact) mass is 348 g/mol. The summed E-state index contributed by atoms with van der Waals surface area (Å²) in [5, 5.41) is 33.5. The molecule has 1 unspecified atom stereocenters. The first-order valence-corrected chi connectivity index (χ1v) is 7.85. The fraction of sp³-hybridized carbons (Fsp3) is 0.688. The van der Waals surface area contributed by atoms with Crippen LogP contribution in [0.4, 0.5) is 0 Å². The Morgan fingerprint density at radius 1 is 0.958 bits per heavy atom. The standard InChI is InChI=1S/C13H24O6.C3H4O2/c14-9-11(15)10-19-13(18)8-6-4-2-1-3-5-7-12(16)17;1-2-3(4)5/h11,14-15H,1-10H2,(H,16,17);2H,1H2,(H,4,5). The average molecular weight is 348 g/mol. The van der Waals surface area contributed by atoms with Gasteiger partial charge in [0.05, 0.1) is 6.61 Å². The lowest BCUT2D eigenvalue weighted by Gasteiger charge is -2.08. The van der Waals surface area contributed by atoms with Gasteiger partial charge < -0.3 is 25.2 Å². The number of esters is 1. The number of unbranched alkanes of at least 4 members (excludes halogenated alkanes) is 5. The molecule has 0 saturated heterocycles. The molecule has 0 heterocycles. The molecule has 0 aromatic carbocycles. The Bertz CT molecular complexity index is 367. The number of aliphatic carboxylic acids is 2. The zero-order chi connectivity index (χ0) is 18.8. The van der Waals surface area contributed by atoms with Gasteiger partial charge in [-0.2, -0.15) is 0 Å². The first-order valence-electron chi connectivity index (χ1n) is 7.85. The normalized spacial score (nSPS) is 10.9. The van der Waals surface area contributed by atoms with E-state index in [1.807, 2.05) is 0 Å². The molecule has 0 aromatic rings. The van der Waals surface area contributed by atoms with Gasteiger partial charge in [-0.25, -0.2) is 4.79 Å². The Balaban J connectivity index is 0. The van der Waals surface area contributed by atoms with Crippen molar-refractivity contribution in [2.75, 3.05) is 13.2 Å². The van der Waals surface area contributed by atoms with E-state index in [1.165, 1.54) is 0 Å². The third-order valence-electron chi connectivity index (χ3n) is 2.84. The van der Waals surface area contributed by atoms with E-state index in [1.54, 1.807) is 0 Å². The van der Waals surface area contributed by atoms with Gasteiger partial charge in [0.15, 0.2) is 0 Å². The van der Waals surface area contributed by atoms with Crippen LogP contribution in [0.2, 0.25) is 0 Å². The zero-order valence-corrected chi connectivity index (χ0v) is 13.9. The Labute approximate surface area is 141 Å². The van der Waals surface area contributed by atoms with Crippen LogP contribution in [0.15, 0.2) is 12.7 Å². The molecular weight excluding hydrogens is 320 g/mol. The van der Waals surface area contributed by atoms with Gasteiger partial charge in [-0.3, -0.25) is 9.59 Å². The lowest BCUT2D eigenvalue weighted by atomic mass is 10.1. The number of ether oxygens (including phenoxy) is 1. The first kappa shape index (κ1) is 24.3. The van der Waals surface area contributed by atoms with Crippen LogP contribution < -0.4 is 0 Å². The molecule has 8 heteroatoms. The molecule has 0 aliphatic carbocycles. The largest absolute Gasteiger partial charge is 0.481 e. The lowest BCUT2D eigenvalue weighted by molar-refractivity contribution is -0.147. The molecule has 0 aromatic heterocycles. The van der Waals surface area contributed by atoms with Crippen LogP contribution in [0.5, 0.6) is 0 Å². The third-order valence-corrected chi connectivity index (χ3v) is 2.84. The summed E-state index contributed by atoms with van der Waals surface area (Å²) in [4.78, 5) is 30.7. The van der Waals surface area contributed by atoms with Crippen LogP contribution >= 0.6 is 0 Å². The summed E-state index contributed by atoms with van der Waals surface area (Å²) in [7, 11) is 0. The molecule has 4 N–H and O–H groups in total.